The molecule has 1 unspecified atom stereocenters. The Kier molecular flexibility index (Phi) is 31.0. The number of ether oxygens (including phenoxy) is 5. The van der Waals surface area contributed by atoms with Crippen molar-refractivity contribution < 1.29 is 33.3 Å². The van der Waals surface area contributed by atoms with Crippen LogP contribution in [0.2, 0.25) is 0 Å². The molecule has 0 rings (SSSR count). The van der Waals surface area contributed by atoms with Crippen LogP contribution in [0.3, 0.4) is 0 Å². The molecule has 0 aromatic rings. The van der Waals surface area contributed by atoms with Crippen LogP contribution in [0.5, 0.6) is 0 Å². The van der Waals surface area contributed by atoms with E-state index in [2.05, 4.69) is 13.8 Å². The summed E-state index contributed by atoms with van der Waals surface area (Å²) in [6, 6.07) is 0. The van der Waals surface area contributed by atoms with Crippen molar-refractivity contribution in [2.45, 2.75) is 220 Å². The van der Waals surface area contributed by atoms with Crippen LogP contribution in [0.15, 0.2) is 0 Å². The van der Waals surface area contributed by atoms with Gasteiger partial charge in [0.2, 0.25) is 0 Å². The van der Waals surface area contributed by atoms with Gasteiger partial charge in [-0.25, -0.2) is 0 Å². The molecule has 1 atom stereocenters. The maximum absolute atomic E-state index is 12.7. The summed E-state index contributed by atoms with van der Waals surface area (Å²) in [4.78, 5) is 25.1. The van der Waals surface area contributed by atoms with E-state index in [9.17, 15) is 9.59 Å². The number of esters is 2. The van der Waals surface area contributed by atoms with E-state index < -0.39 is 11.7 Å². The highest BCUT2D eigenvalue weighted by Crippen LogP contribution is 2.16. The topological polar surface area (TPSA) is 80.3 Å². The molecule has 0 spiro atoms. The van der Waals surface area contributed by atoms with Gasteiger partial charge in [-0.2, -0.15) is 0 Å². The molecule has 0 aliphatic carbocycles. The Morgan fingerprint density at radius 1 is 0.500 bits per heavy atom. The van der Waals surface area contributed by atoms with E-state index in [-0.39, 0.29) is 30.8 Å². The molecular formula is C41H80O7. The number of hydrogen-bond acceptors (Lipinski definition) is 7. The van der Waals surface area contributed by atoms with Gasteiger partial charge in [0.05, 0.1) is 37.6 Å². The van der Waals surface area contributed by atoms with Gasteiger partial charge in [0.15, 0.2) is 6.10 Å². The molecule has 7 nitrogen and oxygen atoms in total. The summed E-state index contributed by atoms with van der Waals surface area (Å²) < 4.78 is 28.9. The second-order valence-electron chi connectivity index (χ2n) is 15.5. The number of hydrogen-bond donors (Lipinski definition) is 0. The first-order valence-electron chi connectivity index (χ1n) is 20.2. The van der Waals surface area contributed by atoms with Crippen molar-refractivity contribution in [2.75, 3.05) is 33.0 Å². The zero-order valence-corrected chi connectivity index (χ0v) is 32.9. The average Bonchev–Trinajstić information content (AvgIpc) is 3.03. The standard InChI is InChI=1S/C41H80O7/c1-8-10-12-14-16-18-20-22-24-26-28-30-38(42)45-35-37(34-44-32-33-46-41(6,7)36-47-40(3,4)5)48-39(43)31-29-27-25-23-21-19-17-15-13-11-9-2/h37H,8-36H2,1-7H3. The first-order valence-corrected chi connectivity index (χ1v) is 20.2. The van der Waals surface area contributed by atoms with Crippen LogP contribution in [0, 0.1) is 0 Å². The van der Waals surface area contributed by atoms with Crippen molar-refractivity contribution in [3.8, 4) is 0 Å². The van der Waals surface area contributed by atoms with Gasteiger partial charge in [0.1, 0.15) is 6.61 Å². The Hall–Kier alpha value is -1.18. The molecule has 0 bridgehead atoms. The molecule has 0 saturated heterocycles. The van der Waals surface area contributed by atoms with E-state index >= 15 is 0 Å². The van der Waals surface area contributed by atoms with Crippen LogP contribution in [0.4, 0.5) is 0 Å². The highest BCUT2D eigenvalue weighted by atomic mass is 16.6. The fourth-order valence-electron chi connectivity index (χ4n) is 5.51. The van der Waals surface area contributed by atoms with E-state index in [0.717, 1.165) is 38.5 Å². The molecule has 0 heterocycles. The Morgan fingerprint density at radius 2 is 0.917 bits per heavy atom. The van der Waals surface area contributed by atoms with Crippen molar-refractivity contribution in [1.29, 1.82) is 0 Å². The molecule has 0 amide bonds. The molecule has 0 fully saturated rings. The summed E-state index contributed by atoms with van der Waals surface area (Å²) in [5, 5.41) is 0. The molecule has 0 saturated carbocycles. The average molecular weight is 685 g/mol. The third-order valence-electron chi connectivity index (χ3n) is 8.57. The lowest BCUT2D eigenvalue weighted by atomic mass is 10.1. The second kappa shape index (κ2) is 31.8. The predicted octanol–water partition coefficient (Wildman–Crippen LogP) is 11.5. The highest BCUT2D eigenvalue weighted by Gasteiger charge is 2.23. The van der Waals surface area contributed by atoms with Gasteiger partial charge in [-0.3, -0.25) is 9.59 Å². The lowest BCUT2D eigenvalue weighted by Gasteiger charge is -2.30. The minimum absolute atomic E-state index is 0.0205. The SMILES string of the molecule is CCCCCCCCCCCCCC(=O)OCC(COCCOC(C)(C)COC(C)(C)C)OC(=O)CCCCCCCCCCCCC. The normalized spacial score (nSPS) is 12.7. The first kappa shape index (κ1) is 46.8. The number of rotatable bonds is 35. The van der Waals surface area contributed by atoms with E-state index in [1.807, 2.05) is 34.6 Å². The predicted molar refractivity (Wildman–Crippen MR) is 200 cm³/mol. The third-order valence-corrected chi connectivity index (χ3v) is 8.57. The van der Waals surface area contributed by atoms with Gasteiger partial charge in [0, 0.05) is 12.8 Å². The summed E-state index contributed by atoms with van der Waals surface area (Å²) in [6.07, 6.45) is 27.3. The lowest BCUT2D eigenvalue weighted by molar-refractivity contribution is -0.164. The summed E-state index contributed by atoms with van der Waals surface area (Å²) in [5.41, 5.74) is -0.673. The molecule has 0 N–H and O–H groups in total. The van der Waals surface area contributed by atoms with Crippen LogP contribution >= 0.6 is 0 Å². The Balaban J connectivity index is 4.39. The minimum Gasteiger partial charge on any atom is -0.462 e. The zero-order chi connectivity index (χ0) is 35.8. The van der Waals surface area contributed by atoms with E-state index in [0.29, 0.717) is 32.7 Å². The maximum Gasteiger partial charge on any atom is 0.306 e. The van der Waals surface area contributed by atoms with E-state index in [4.69, 9.17) is 23.7 Å². The molecule has 0 aromatic carbocycles. The number of unbranched alkanes of at least 4 members (excludes halogenated alkanes) is 20. The van der Waals surface area contributed by atoms with Crippen LogP contribution < -0.4 is 0 Å². The monoisotopic (exact) mass is 685 g/mol. The fraction of sp³-hybridized carbons (Fsp3) is 0.951. The number of carbonyl (C=O) groups is 2. The van der Waals surface area contributed by atoms with Crippen LogP contribution in [0.25, 0.3) is 0 Å². The van der Waals surface area contributed by atoms with Gasteiger partial charge in [-0.05, 0) is 47.5 Å². The summed E-state index contributed by atoms with van der Waals surface area (Å²) in [6.45, 7) is 16.0. The summed E-state index contributed by atoms with van der Waals surface area (Å²) >= 11 is 0. The van der Waals surface area contributed by atoms with E-state index in [1.54, 1.807) is 0 Å². The number of carbonyl (C=O) groups excluding carboxylic acids is 2. The maximum atomic E-state index is 12.7. The fourth-order valence-corrected chi connectivity index (χ4v) is 5.51. The smallest absolute Gasteiger partial charge is 0.306 e. The van der Waals surface area contributed by atoms with Crippen LogP contribution in [0.1, 0.15) is 203 Å². The largest absolute Gasteiger partial charge is 0.462 e. The Bertz CT molecular complexity index is 731. The molecule has 0 radical (unpaired) electrons. The van der Waals surface area contributed by atoms with Crippen molar-refractivity contribution in [3.63, 3.8) is 0 Å². The van der Waals surface area contributed by atoms with Gasteiger partial charge in [-0.1, -0.05) is 142 Å². The molecule has 0 aromatic heterocycles. The van der Waals surface area contributed by atoms with Crippen molar-refractivity contribution in [3.05, 3.63) is 0 Å². The van der Waals surface area contributed by atoms with Gasteiger partial charge in [0.25, 0.3) is 0 Å². The quantitative estimate of drug-likeness (QED) is 0.0485. The van der Waals surface area contributed by atoms with Crippen LogP contribution in [-0.4, -0.2) is 62.3 Å². The van der Waals surface area contributed by atoms with Crippen molar-refractivity contribution in [2.24, 2.45) is 0 Å². The molecule has 286 valence electrons. The first-order chi connectivity index (χ1) is 23.0. The van der Waals surface area contributed by atoms with Gasteiger partial charge >= 0.3 is 11.9 Å². The van der Waals surface area contributed by atoms with Gasteiger partial charge in [-0.15, -0.1) is 0 Å². The zero-order valence-electron chi connectivity index (χ0n) is 32.9. The molecule has 0 aliphatic rings. The molecule has 7 heteroatoms. The molecule has 0 aliphatic heterocycles. The Labute approximate surface area is 297 Å². The van der Waals surface area contributed by atoms with Crippen molar-refractivity contribution >= 4 is 11.9 Å². The van der Waals surface area contributed by atoms with Crippen LogP contribution in [-0.2, 0) is 33.3 Å². The van der Waals surface area contributed by atoms with E-state index in [1.165, 1.54) is 103 Å². The van der Waals surface area contributed by atoms with Gasteiger partial charge < -0.3 is 23.7 Å². The second-order valence-corrected chi connectivity index (χ2v) is 15.5. The molecular weight excluding hydrogens is 604 g/mol. The third kappa shape index (κ3) is 34.7. The lowest BCUT2D eigenvalue weighted by Crippen LogP contribution is -2.36. The van der Waals surface area contributed by atoms with Crippen molar-refractivity contribution in [1.82, 2.24) is 0 Å². The molecule has 48 heavy (non-hydrogen) atoms. The summed E-state index contributed by atoms with van der Waals surface area (Å²) in [7, 11) is 0. The Morgan fingerprint density at radius 3 is 1.35 bits per heavy atom. The minimum atomic E-state index is -0.622. The summed E-state index contributed by atoms with van der Waals surface area (Å²) in [5.74, 6) is -0.487. The highest BCUT2D eigenvalue weighted by molar-refractivity contribution is 5.70.